The smallest absolute Gasteiger partial charge is 0.307 e. The van der Waals surface area contributed by atoms with Gasteiger partial charge < -0.3 is 23.5 Å². The first-order chi connectivity index (χ1) is 13.6. The van der Waals surface area contributed by atoms with Crippen LogP contribution in [-0.2, 0) is 20.9 Å². The van der Waals surface area contributed by atoms with E-state index in [0.717, 1.165) is 11.5 Å². The van der Waals surface area contributed by atoms with Crippen molar-refractivity contribution >= 4 is 11.9 Å². The maximum Gasteiger partial charge on any atom is 0.307 e. The highest BCUT2D eigenvalue weighted by atomic mass is 16.5. The van der Waals surface area contributed by atoms with Crippen LogP contribution in [0.25, 0.3) is 0 Å². The summed E-state index contributed by atoms with van der Waals surface area (Å²) in [4.78, 5) is 25.8. The van der Waals surface area contributed by atoms with Gasteiger partial charge in [0.1, 0.15) is 17.3 Å². The highest BCUT2D eigenvalue weighted by Gasteiger charge is 2.17. The van der Waals surface area contributed by atoms with Gasteiger partial charge in [0.2, 0.25) is 5.91 Å². The molecular formula is C21H27NO6. The van der Waals surface area contributed by atoms with Crippen LogP contribution < -0.4 is 9.47 Å². The number of carbonyl (C=O) groups is 2. The van der Waals surface area contributed by atoms with E-state index in [4.69, 9.17) is 18.6 Å². The minimum Gasteiger partial charge on any atom is -0.497 e. The van der Waals surface area contributed by atoms with Crippen LogP contribution in [0.3, 0.4) is 0 Å². The van der Waals surface area contributed by atoms with Crippen molar-refractivity contribution in [1.82, 2.24) is 4.90 Å². The van der Waals surface area contributed by atoms with Gasteiger partial charge in [-0.1, -0.05) is 0 Å². The Balaban J connectivity index is 1.79. The maximum atomic E-state index is 12.6. The summed E-state index contributed by atoms with van der Waals surface area (Å²) in [6, 6.07) is 10.9. The first kappa shape index (κ1) is 21.3. The van der Waals surface area contributed by atoms with Crippen molar-refractivity contribution in [3.05, 3.63) is 48.4 Å². The van der Waals surface area contributed by atoms with E-state index in [1.807, 2.05) is 24.3 Å². The van der Waals surface area contributed by atoms with Crippen LogP contribution in [-0.4, -0.2) is 43.6 Å². The van der Waals surface area contributed by atoms with E-state index in [-0.39, 0.29) is 24.8 Å². The quantitative estimate of drug-likeness (QED) is 0.409. The Labute approximate surface area is 165 Å². The van der Waals surface area contributed by atoms with Crippen LogP contribution in [0.15, 0.2) is 47.1 Å². The molecule has 1 aromatic heterocycles. The summed E-state index contributed by atoms with van der Waals surface area (Å²) in [5, 5.41) is 0. The molecule has 152 valence electrons. The van der Waals surface area contributed by atoms with Gasteiger partial charge in [0.15, 0.2) is 0 Å². The van der Waals surface area contributed by atoms with E-state index in [1.165, 1.54) is 0 Å². The number of furan rings is 1. The van der Waals surface area contributed by atoms with Crippen LogP contribution in [0.2, 0.25) is 0 Å². The predicted molar refractivity (Wildman–Crippen MR) is 103 cm³/mol. The van der Waals surface area contributed by atoms with Crippen molar-refractivity contribution in [3.63, 3.8) is 0 Å². The van der Waals surface area contributed by atoms with Crippen molar-refractivity contribution in [2.45, 2.75) is 32.7 Å². The molecule has 7 nitrogen and oxygen atoms in total. The van der Waals surface area contributed by atoms with E-state index >= 15 is 0 Å². The molecule has 7 heteroatoms. The van der Waals surface area contributed by atoms with Crippen LogP contribution in [0.5, 0.6) is 11.5 Å². The minimum absolute atomic E-state index is 0.0565. The zero-order valence-electron chi connectivity index (χ0n) is 16.4. The van der Waals surface area contributed by atoms with Gasteiger partial charge in [-0.05, 0) is 49.7 Å². The third-order valence-corrected chi connectivity index (χ3v) is 4.03. The van der Waals surface area contributed by atoms with E-state index in [0.29, 0.717) is 38.4 Å². The van der Waals surface area contributed by atoms with Gasteiger partial charge in [-0.25, -0.2) is 0 Å². The van der Waals surface area contributed by atoms with E-state index in [1.54, 1.807) is 37.3 Å². The van der Waals surface area contributed by atoms with Crippen LogP contribution in [0.1, 0.15) is 31.9 Å². The summed E-state index contributed by atoms with van der Waals surface area (Å²) in [5.74, 6) is 1.79. The average Bonchev–Trinajstić information content (AvgIpc) is 3.22. The number of carbonyl (C=O) groups excluding carboxylic acids is 2. The Bertz CT molecular complexity index is 711. The summed E-state index contributed by atoms with van der Waals surface area (Å²) in [7, 11) is 1.61. The monoisotopic (exact) mass is 389 g/mol. The molecule has 28 heavy (non-hydrogen) atoms. The zero-order valence-corrected chi connectivity index (χ0v) is 16.4. The molecule has 0 unspecified atom stereocenters. The number of hydrogen-bond acceptors (Lipinski definition) is 6. The third-order valence-electron chi connectivity index (χ3n) is 4.03. The largest absolute Gasteiger partial charge is 0.497 e. The molecule has 1 aromatic carbocycles. The predicted octanol–water partition coefficient (Wildman–Crippen LogP) is 3.43. The number of methoxy groups -OCH3 is 1. The van der Waals surface area contributed by atoms with Gasteiger partial charge in [-0.15, -0.1) is 0 Å². The maximum absolute atomic E-state index is 12.6. The summed E-state index contributed by atoms with van der Waals surface area (Å²) in [6.45, 7) is 3.12. The molecule has 0 aliphatic heterocycles. The number of rotatable bonds is 12. The van der Waals surface area contributed by atoms with Crippen molar-refractivity contribution in [2.75, 3.05) is 26.9 Å². The lowest BCUT2D eigenvalue weighted by Gasteiger charge is -2.21. The Hall–Kier alpha value is -2.96. The molecule has 0 N–H and O–H groups in total. The average molecular weight is 389 g/mol. The standard InChI is InChI=1S/C21H27NO6/c1-3-26-21(24)12-13-22(16-19-6-4-14-28-19)20(23)7-5-15-27-18-10-8-17(25-2)9-11-18/h4,6,8-11,14H,3,5,7,12-13,15-16H2,1-2H3. The molecule has 0 saturated carbocycles. The Morgan fingerprint density at radius 2 is 1.82 bits per heavy atom. The lowest BCUT2D eigenvalue weighted by molar-refractivity contribution is -0.144. The van der Waals surface area contributed by atoms with Crippen molar-refractivity contribution < 1.29 is 28.2 Å². The Kier molecular flexibility index (Phi) is 8.91. The fourth-order valence-corrected chi connectivity index (χ4v) is 2.59. The summed E-state index contributed by atoms with van der Waals surface area (Å²) < 4.78 is 21.0. The second-order valence-electron chi connectivity index (χ2n) is 6.08. The SMILES string of the molecule is CCOC(=O)CCN(Cc1ccco1)C(=O)CCCOc1ccc(OC)cc1. The van der Waals surface area contributed by atoms with Gasteiger partial charge in [0.05, 0.1) is 39.6 Å². The minimum atomic E-state index is -0.317. The normalized spacial score (nSPS) is 10.4. The third kappa shape index (κ3) is 7.34. The summed E-state index contributed by atoms with van der Waals surface area (Å²) in [5.41, 5.74) is 0. The van der Waals surface area contributed by atoms with Gasteiger partial charge in [-0.2, -0.15) is 0 Å². The van der Waals surface area contributed by atoms with Crippen molar-refractivity contribution in [3.8, 4) is 11.5 Å². The molecule has 0 radical (unpaired) electrons. The highest BCUT2D eigenvalue weighted by Crippen LogP contribution is 2.17. The second-order valence-corrected chi connectivity index (χ2v) is 6.08. The second kappa shape index (κ2) is 11.7. The van der Waals surface area contributed by atoms with Gasteiger partial charge >= 0.3 is 5.97 Å². The molecule has 0 bridgehead atoms. The molecule has 1 heterocycles. The van der Waals surface area contributed by atoms with Gasteiger partial charge in [0.25, 0.3) is 0 Å². The number of amides is 1. The number of benzene rings is 1. The van der Waals surface area contributed by atoms with E-state index < -0.39 is 0 Å². The molecule has 2 rings (SSSR count). The molecule has 0 aliphatic rings. The molecule has 0 atom stereocenters. The van der Waals surface area contributed by atoms with Gasteiger partial charge in [-0.3, -0.25) is 9.59 Å². The van der Waals surface area contributed by atoms with Crippen LogP contribution in [0, 0.1) is 0 Å². The fraction of sp³-hybridized carbons (Fsp3) is 0.429. The molecule has 1 amide bonds. The molecular weight excluding hydrogens is 362 g/mol. The lowest BCUT2D eigenvalue weighted by atomic mass is 10.2. The summed E-state index contributed by atoms with van der Waals surface area (Å²) in [6.07, 6.45) is 2.60. The van der Waals surface area contributed by atoms with E-state index in [2.05, 4.69) is 0 Å². The first-order valence-electron chi connectivity index (χ1n) is 9.35. The summed E-state index contributed by atoms with van der Waals surface area (Å²) >= 11 is 0. The number of hydrogen-bond donors (Lipinski definition) is 0. The number of esters is 1. The molecule has 0 saturated heterocycles. The fourth-order valence-electron chi connectivity index (χ4n) is 2.59. The topological polar surface area (TPSA) is 78.2 Å². The Morgan fingerprint density at radius 3 is 2.46 bits per heavy atom. The number of nitrogens with zero attached hydrogens (tertiary/aromatic N) is 1. The molecule has 2 aromatic rings. The highest BCUT2D eigenvalue weighted by molar-refractivity contribution is 5.77. The molecule has 0 fully saturated rings. The Morgan fingerprint density at radius 1 is 1.07 bits per heavy atom. The van der Waals surface area contributed by atoms with Crippen LogP contribution in [0.4, 0.5) is 0 Å². The number of ether oxygens (including phenoxy) is 3. The first-order valence-corrected chi connectivity index (χ1v) is 9.35. The van der Waals surface area contributed by atoms with Crippen LogP contribution >= 0.6 is 0 Å². The van der Waals surface area contributed by atoms with Crippen molar-refractivity contribution in [1.29, 1.82) is 0 Å². The van der Waals surface area contributed by atoms with Gasteiger partial charge in [0, 0.05) is 13.0 Å². The molecule has 0 spiro atoms. The van der Waals surface area contributed by atoms with Crippen molar-refractivity contribution in [2.24, 2.45) is 0 Å². The molecule has 0 aliphatic carbocycles. The lowest BCUT2D eigenvalue weighted by Crippen LogP contribution is -2.32. The van der Waals surface area contributed by atoms with E-state index in [9.17, 15) is 9.59 Å². The zero-order chi connectivity index (χ0) is 20.2.